The Balaban J connectivity index is 0.00000216. The van der Waals surface area contributed by atoms with Crippen LogP contribution in [0.4, 0.5) is 30.6 Å². The summed E-state index contributed by atoms with van der Waals surface area (Å²) in [5, 5.41) is 6.35. The normalized spacial score (nSPS) is 15.9. The van der Waals surface area contributed by atoms with Gasteiger partial charge in [-0.2, -0.15) is 13.2 Å². The number of aromatic nitrogens is 3. The highest BCUT2D eigenvalue weighted by Crippen LogP contribution is 2.43. The highest BCUT2D eigenvalue weighted by Gasteiger charge is 2.38. The van der Waals surface area contributed by atoms with Gasteiger partial charge in [-0.05, 0) is 37.8 Å². The molecule has 240 valence electrons. The van der Waals surface area contributed by atoms with E-state index in [0.717, 1.165) is 41.8 Å². The van der Waals surface area contributed by atoms with Gasteiger partial charge in [0.2, 0.25) is 5.95 Å². The molecular formula is C29H39F3N7O2PS2. The van der Waals surface area contributed by atoms with Gasteiger partial charge in [0.25, 0.3) is 5.91 Å². The lowest BCUT2D eigenvalue weighted by molar-refractivity contribution is -0.137. The van der Waals surface area contributed by atoms with Gasteiger partial charge >= 0.3 is 6.18 Å². The Morgan fingerprint density at radius 3 is 2.61 bits per heavy atom. The topological polar surface area (TPSA) is 95.5 Å². The van der Waals surface area contributed by atoms with E-state index in [9.17, 15) is 18.0 Å². The summed E-state index contributed by atoms with van der Waals surface area (Å²) in [6, 6.07) is 5.62. The third-order valence-electron chi connectivity index (χ3n) is 7.25. The van der Waals surface area contributed by atoms with E-state index in [-0.39, 0.29) is 34.5 Å². The van der Waals surface area contributed by atoms with Crippen LogP contribution >= 0.6 is 32.3 Å². The summed E-state index contributed by atoms with van der Waals surface area (Å²) in [6.45, 7) is 8.24. The number of likely N-dealkylation sites (N-methyl/N-ethyl adjacent to an activating group) is 2. The van der Waals surface area contributed by atoms with Gasteiger partial charge in [-0.3, -0.25) is 4.79 Å². The van der Waals surface area contributed by atoms with Crippen molar-refractivity contribution in [1.82, 2.24) is 25.2 Å². The zero-order chi connectivity index (χ0) is 32.0. The minimum Gasteiger partial charge on any atom is -0.377 e. The van der Waals surface area contributed by atoms with Crippen LogP contribution in [0.2, 0.25) is 0 Å². The monoisotopic (exact) mass is 669 g/mol. The summed E-state index contributed by atoms with van der Waals surface area (Å²) in [5.41, 5.74) is 0.136. The Kier molecular flexibility index (Phi) is 11.9. The molecule has 5 rings (SSSR count). The summed E-state index contributed by atoms with van der Waals surface area (Å²) < 4.78 is 47.6. The van der Waals surface area contributed by atoms with E-state index in [1.807, 2.05) is 47.0 Å². The third-order valence-corrected chi connectivity index (χ3v) is 10.1. The maximum atomic E-state index is 14.1. The Morgan fingerprint density at radius 1 is 1.25 bits per heavy atom. The van der Waals surface area contributed by atoms with Crippen LogP contribution in [0, 0.1) is 0 Å². The van der Waals surface area contributed by atoms with Crippen LogP contribution in [0.15, 0.2) is 29.3 Å². The molecule has 1 amide bonds. The molecule has 5 heterocycles. The second-order valence-electron chi connectivity index (χ2n) is 10.0. The molecule has 0 radical (unpaired) electrons. The zero-order valence-corrected chi connectivity index (χ0v) is 28.3. The lowest BCUT2D eigenvalue weighted by Gasteiger charge is -2.36. The van der Waals surface area contributed by atoms with E-state index in [1.165, 1.54) is 11.8 Å². The van der Waals surface area contributed by atoms with Crippen LogP contribution in [-0.2, 0) is 17.3 Å². The average molecular weight is 670 g/mol. The Morgan fingerprint density at radius 2 is 2.00 bits per heavy atom. The molecule has 44 heavy (non-hydrogen) atoms. The summed E-state index contributed by atoms with van der Waals surface area (Å²) in [6.07, 6.45) is -2.39. The standard InChI is InChI=1S/C27H33F3N7O2PS2.C2H6/c1-4-18-19(5-6-22(33-18)36(3)11-15(14-40)31-2)34-26-32-10-17(27(28,29)30)23(35-26)20-9-21-24(42-20)25(38)37(7-8-41-21)16-12-39-13-16;1-2/h5-6,9-10,15-16,31H,4,7-8,11-14,40H2,1-3H3,(H,32,34,35);1-2H3. The van der Waals surface area contributed by atoms with Crippen molar-refractivity contribution in [1.29, 1.82) is 0 Å². The molecule has 15 heteroatoms. The van der Waals surface area contributed by atoms with E-state index >= 15 is 0 Å². The number of ether oxygens (including phenoxy) is 1. The van der Waals surface area contributed by atoms with Crippen LogP contribution in [0.5, 0.6) is 0 Å². The number of hydrogen-bond donors (Lipinski definition) is 2. The fourth-order valence-electron chi connectivity index (χ4n) is 4.74. The Bertz CT molecular complexity index is 1430. The number of thioether (sulfide) groups is 1. The first-order chi connectivity index (χ1) is 21.1. The van der Waals surface area contributed by atoms with E-state index in [4.69, 9.17) is 9.72 Å². The zero-order valence-electron chi connectivity index (χ0n) is 25.5. The summed E-state index contributed by atoms with van der Waals surface area (Å²) in [5.74, 6) is 1.28. The molecule has 0 bridgehead atoms. The fourth-order valence-corrected chi connectivity index (χ4v) is 7.44. The number of thiophene rings is 1. The highest BCUT2D eigenvalue weighted by molar-refractivity contribution is 7.99. The van der Waals surface area contributed by atoms with Gasteiger partial charge in [-0.25, -0.2) is 15.0 Å². The van der Waals surface area contributed by atoms with Crippen LogP contribution in [0.1, 0.15) is 41.7 Å². The number of aryl methyl sites for hydroxylation is 1. The molecule has 2 unspecified atom stereocenters. The number of amides is 1. The molecule has 1 saturated heterocycles. The van der Waals surface area contributed by atoms with Gasteiger partial charge in [-0.15, -0.1) is 32.3 Å². The number of nitrogens with one attached hydrogen (secondary N) is 2. The number of carbonyl (C=O) groups excluding carboxylic acids is 1. The van der Waals surface area contributed by atoms with Crippen LogP contribution in [0.25, 0.3) is 10.6 Å². The molecular weight excluding hydrogens is 630 g/mol. The maximum Gasteiger partial charge on any atom is 0.420 e. The maximum absolute atomic E-state index is 14.1. The fraction of sp³-hybridized carbons (Fsp3) is 0.517. The molecule has 9 nitrogen and oxygen atoms in total. The SMILES string of the molecule is CC.CCc1nc(N(C)CC(CP)NC)ccc1Nc1ncc(C(F)(F)F)c(-c2cc3c(s2)C(=O)N(C2COC2)CCS3)n1. The number of fused-ring (bicyclic) bond motifs is 1. The predicted octanol–water partition coefficient (Wildman–Crippen LogP) is 5.80. The van der Waals surface area contributed by atoms with Crippen LogP contribution < -0.4 is 15.5 Å². The Labute approximate surface area is 267 Å². The lowest BCUT2D eigenvalue weighted by atomic mass is 10.2. The number of nitrogens with zero attached hydrogens (tertiary/aromatic N) is 5. The van der Waals surface area contributed by atoms with E-state index < -0.39 is 11.7 Å². The molecule has 0 spiro atoms. The summed E-state index contributed by atoms with van der Waals surface area (Å²) >= 11 is 2.51. The van der Waals surface area contributed by atoms with Crippen molar-refractivity contribution in [3.8, 4) is 10.6 Å². The van der Waals surface area contributed by atoms with Gasteiger partial charge < -0.3 is 25.2 Å². The molecule has 0 aromatic carbocycles. The summed E-state index contributed by atoms with van der Waals surface area (Å²) in [4.78, 5) is 31.6. The van der Waals surface area contributed by atoms with Crippen molar-refractivity contribution in [2.24, 2.45) is 0 Å². The minimum atomic E-state index is -4.67. The van der Waals surface area contributed by atoms with Crippen molar-refractivity contribution in [3.05, 3.63) is 40.5 Å². The number of hydrogen-bond acceptors (Lipinski definition) is 10. The molecule has 2 atom stereocenters. The van der Waals surface area contributed by atoms with Crippen LogP contribution in [-0.4, -0.2) is 90.2 Å². The lowest BCUT2D eigenvalue weighted by Crippen LogP contribution is -2.52. The van der Waals surface area contributed by atoms with Crippen molar-refractivity contribution in [2.75, 3.05) is 62.5 Å². The second kappa shape index (κ2) is 15.2. The van der Waals surface area contributed by atoms with Crippen molar-refractivity contribution in [3.63, 3.8) is 0 Å². The van der Waals surface area contributed by atoms with Gasteiger partial charge in [0.15, 0.2) is 0 Å². The molecule has 0 saturated carbocycles. The number of carbonyl (C=O) groups is 1. The van der Waals surface area contributed by atoms with Crippen molar-refractivity contribution >= 4 is 55.7 Å². The highest BCUT2D eigenvalue weighted by atomic mass is 32.2. The third kappa shape index (κ3) is 7.64. The van der Waals surface area contributed by atoms with Crippen LogP contribution in [0.3, 0.4) is 0 Å². The van der Waals surface area contributed by atoms with Gasteiger partial charge in [0, 0.05) is 43.0 Å². The predicted molar refractivity (Wildman–Crippen MR) is 176 cm³/mol. The average Bonchev–Trinajstić information content (AvgIpc) is 3.36. The molecule has 3 aromatic heterocycles. The molecule has 2 aliphatic rings. The van der Waals surface area contributed by atoms with Gasteiger partial charge in [-0.1, -0.05) is 20.8 Å². The minimum absolute atomic E-state index is 0.00174. The van der Waals surface area contributed by atoms with Crippen molar-refractivity contribution < 1.29 is 22.7 Å². The van der Waals surface area contributed by atoms with Gasteiger partial charge in [0.05, 0.1) is 41.2 Å². The number of alkyl halides is 3. The van der Waals surface area contributed by atoms with Gasteiger partial charge in [0.1, 0.15) is 16.3 Å². The summed E-state index contributed by atoms with van der Waals surface area (Å²) in [7, 11) is 6.62. The number of pyridine rings is 1. The second-order valence-corrected chi connectivity index (χ2v) is 12.7. The quantitative estimate of drug-likeness (QED) is 0.260. The molecule has 3 aromatic rings. The van der Waals surface area contributed by atoms with E-state index in [1.54, 1.807) is 11.0 Å². The van der Waals surface area contributed by atoms with E-state index in [0.29, 0.717) is 47.4 Å². The largest absolute Gasteiger partial charge is 0.420 e. The molecule has 1 fully saturated rings. The number of rotatable bonds is 10. The van der Waals surface area contributed by atoms with Crippen molar-refractivity contribution in [2.45, 2.75) is 50.3 Å². The molecule has 2 aliphatic heterocycles. The van der Waals surface area contributed by atoms with E-state index in [2.05, 4.69) is 34.7 Å². The first-order valence-corrected chi connectivity index (χ1v) is 17.2. The number of halogens is 3. The first-order valence-electron chi connectivity index (χ1n) is 14.6. The Hall–Kier alpha value is -2.51. The smallest absolute Gasteiger partial charge is 0.377 e. The number of anilines is 3. The molecule has 2 N–H and O–H groups in total. The molecule has 0 aliphatic carbocycles. The first kappa shape index (κ1) is 34.4.